The first-order valence-corrected chi connectivity index (χ1v) is 8.34. The molecular formula is C16H22N8O2. The van der Waals surface area contributed by atoms with Gasteiger partial charge in [0.15, 0.2) is 5.65 Å². The first kappa shape index (κ1) is 17.7. The molecule has 0 spiro atoms. The zero-order valence-corrected chi connectivity index (χ0v) is 14.4. The molecule has 0 aliphatic heterocycles. The van der Waals surface area contributed by atoms with E-state index < -0.39 is 0 Å². The maximum atomic E-state index is 12.4. The second-order valence-corrected chi connectivity index (χ2v) is 5.79. The van der Waals surface area contributed by atoms with Gasteiger partial charge in [-0.1, -0.05) is 0 Å². The molecule has 2 aromatic heterocycles. The van der Waals surface area contributed by atoms with Crippen molar-refractivity contribution < 1.29 is 9.90 Å². The van der Waals surface area contributed by atoms with Gasteiger partial charge in [0.1, 0.15) is 23.0 Å². The molecule has 1 aliphatic rings. The number of aliphatic hydroxyl groups is 1. The molecule has 3 rings (SSSR count). The lowest BCUT2D eigenvalue weighted by atomic mass is 10.3. The summed E-state index contributed by atoms with van der Waals surface area (Å²) in [5.74, 6) is 1.38. The summed E-state index contributed by atoms with van der Waals surface area (Å²) in [6, 6.07) is 1.98. The third-order valence-corrected chi connectivity index (χ3v) is 3.78. The van der Waals surface area contributed by atoms with Crippen molar-refractivity contribution in [1.29, 1.82) is 0 Å². The van der Waals surface area contributed by atoms with E-state index in [1.807, 2.05) is 0 Å². The number of aliphatic imine (C=N–C) groups is 1. The molecule has 10 nitrogen and oxygen atoms in total. The van der Waals surface area contributed by atoms with E-state index in [9.17, 15) is 4.79 Å². The van der Waals surface area contributed by atoms with Crippen LogP contribution in [0.4, 0.5) is 11.6 Å². The lowest BCUT2D eigenvalue weighted by Crippen LogP contribution is -2.25. The van der Waals surface area contributed by atoms with Gasteiger partial charge in [0.2, 0.25) is 0 Å². The van der Waals surface area contributed by atoms with Gasteiger partial charge in [-0.25, -0.2) is 4.98 Å². The predicted octanol–water partition coefficient (Wildman–Crippen LogP) is -0.0617. The Labute approximate surface area is 150 Å². The molecule has 10 heteroatoms. The minimum absolute atomic E-state index is 0.0775. The molecule has 0 bridgehead atoms. The largest absolute Gasteiger partial charge is 0.404 e. The van der Waals surface area contributed by atoms with Crippen LogP contribution in [0.25, 0.3) is 5.65 Å². The van der Waals surface area contributed by atoms with Crippen LogP contribution in [0.2, 0.25) is 0 Å². The zero-order chi connectivity index (χ0) is 18.5. The molecule has 2 heterocycles. The molecule has 26 heavy (non-hydrogen) atoms. The highest BCUT2D eigenvalue weighted by Crippen LogP contribution is 2.22. The molecule has 2 aromatic rings. The third-order valence-electron chi connectivity index (χ3n) is 3.78. The summed E-state index contributed by atoms with van der Waals surface area (Å²) in [6.45, 7) is 0.154. The van der Waals surface area contributed by atoms with Crippen LogP contribution in [0.15, 0.2) is 29.5 Å². The SMILES string of the molecule is CNc1cc(NC(/C=C\N)=NCCO)nc2c(C(=O)NC3CC3)cnn12. The number of amides is 1. The van der Waals surface area contributed by atoms with Crippen molar-refractivity contribution in [2.75, 3.05) is 30.8 Å². The number of carbonyl (C=O) groups is 1. The number of anilines is 2. The van der Waals surface area contributed by atoms with Crippen molar-refractivity contribution >= 4 is 29.0 Å². The summed E-state index contributed by atoms with van der Waals surface area (Å²) in [5.41, 5.74) is 6.27. The maximum Gasteiger partial charge on any atom is 0.256 e. The molecule has 1 amide bonds. The number of hydrogen-bond donors (Lipinski definition) is 5. The van der Waals surface area contributed by atoms with Crippen molar-refractivity contribution in [3.8, 4) is 0 Å². The van der Waals surface area contributed by atoms with Crippen molar-refractivity contribution in [3.63, 3.8) is 0 Å². The van der Waals surface area contributed by atoms with E-state index >= 15 is 0 Å². The molecule has 0 saturated heterocycles. The standard InChI is InChI=1S/C16H22N8O2/c1-18-14-8-13(22-12(4-5-17)19-6-7-25)23-15-11(9-20-24(14)15)16(26)21-10-2-3-10/h4-5,8-10,18,25H,2-3,6-7,17H2,1H3,(H,21,26)(H,19,22,23)/b5-4-. The van der Waals surface area contributed by atoms with Crippen LogP contribution in [-0.4, -0.2) is 57.7 Å². The minimum atomic E-state index is -0.190. The average Bonchev–Trinajstić information content (AvgIpc) is 3.34. The summed E-state index contributed by atoms with van der Waals surface area (Å²) >= 11 is 0. The molecule has 6 N–H and O–H groups in total. The monoisotopic (exact) mass is 358 g/mol. The van der Waals surface area contributed by atoms with Gasteiger partial charge in [-0.3, -0.25) is 9.79 Å². The van der Waals surface area contributed by atoms with Crippen molar-refractivity contribution in [3.05, 3.63) is 30.1 Å². The molecule has 1 aliphatic carbocycles. The van der Waals surface area contributed by atoms with E-state index in [2.05, 4.69) is 31.0 Å². The Balaban J connectivity index is 1.96. The molecular weight excluding hydrogens is 336 g/mol. The molecule has 0 atom stereocenters. The predicted molar refractivity (Wildman–Crippen MR) is 99.4 cm³/mol. The zero-order valence-electron chi connectivity index (χ0n) is 14.4. The summed E-state index contributed by atoms with van der Waals surface area (Å²) in [7, 11) is 1.75. The topological polar surface area (TPSA) is 142 Å². The summed E-state index contributed by atoms with van der Waals surface area (Å²) in [6.07, 6.45) is 6.42. The van der Waals surface area contributed by atoms with E-state index in [1.165, 1.54) is 12.4 Å². The first-order valence-electron chi connectivity index (χ1n) is 8.34. The van der Waals surface area contributed by atoms with Crippen LogP contribution >= 0.6 is 0 Å². The van der Waals surface area contributed by atoms with E-state index in [-0.39, 0.29) is 25.1 Å². The van der Waals surface area contributed by atoms with Crippen LogP contribution < -0.4 is 21.7 Å². The van der Waals surface area contributed by atoms with Gasteiger partial charge in [-0.2, -0.15) is 9.61 Å². The highest BCUT2D eigenvalue weighted by molar-refractivity contribution is 6.04. The van der Waals surface area contributed by atoms with Crippen LogP contribution in [0, 0.1) is 0 Å². The number of nitrogens with two attached hydrogens (primary N) is 1. The highest BCUT2D eigenvalue weighted by atomic mass is 16.3. The number of hydrogen-bond acceptors (Lipinski definition) is 7. The van der Waals surface area contributed by atoms with Crippen LogP contribution in [-0.2, 0) is 0 Å². The van der Waals surface area contributed by atoms with Crippen LogP contribution in [0.1, 0.15) is 23.2 Å². The number of carbonyl (C=O) groups excluding carboxylic acids is 1. The fourth-order valence-electron chi connectivity index (χ4n) is 2.38. The average molecular weight is 358 g/mol. The van der Waals surface area contributed by atoms with Crippen LogP contribution in [0.3, 0.4) is 0 Å². The summed E-state index contributed by atoms with van der Waals surface area (Å²) < 4.78 is 1.57. The number of fused-ring (bicyclic) bond motifs is 1. The van der Waals surface area contributed by atoms with Gasteiger partial charge in [0.05, 0.1) is 19.3 Å². The normalized spacial score (nSPS) is 14.8. The Kier molecular flexibility index (Phi) is 5.32. The lowest BCUT2D eigenvalue weighted by molar-refractivity contribution is 0.0952. The van der Waals surface area contributed by atoms with Crippen molar-refractivity contribution in [1.82, 2.24) is 19.9 Å². The highest BCUT2D eigenvalue weighted by Gasteiger charge is 2.26. The smallest absolute Gasteiger partial charge is 0.256 e. The van der Waals surface area contributed by atoms with Crippen LogP contribution in [0.5, 0.6) is 0 Å². The van der Waals surface area contributed by atoms with Crippen molar-refractivity contribution in [2.24, 2.45) is 10.7 Å². The van der Waals surface area contributed by atoms with Gasteiger partial charge in [-0.15, -0.1) is 0 Å². The van der Waals surface area contributed by atoms with Gasteiger partial charge in [-0.05, 0) is 25.1 Å². The quantitative estimate of drug-likeness (QED) is 0.345. The lowest BCUT2D eigenvalue weighted by Gasteiger charge is -2.10. The number of nitrogens with zero attached hydrogens (tertiary/aromatic N) is 4. The van der Waals surface area contributed by atoms with E-state index in [0.717, 1.165) is 12.8 Å². The number of amidine groups is 1. The Morgan fingerprint density at radius 3 is 3.00 bits per heavy atom. The van der Waals surface area contributed by atoms with E-state index in [1.54, 1.807) is 23.7 Å². The number of aliphatic hydroxyl groups excluding tert-OH is 1. The molecule has 1 fully saturated rings. The van der Waals surface area contributed by atoms with E-state index in [4.69, 9.17) is 10.8 Å². The number of rotatable bonds is 7. The second kappa shape index (κ2) is 7.83. The molecule has 138 valence electrons. The molecule has 0 radical (unpaired) electrons. The van der Waals surface area contributed by atoms with Gasteiger partial charge in [0.25, 0.3) is 5.91 Å². The van der Waals surface area contributed by atoms with Gasteiger partial charge < -0.3 is 26.8 Å². The van der Waals surface area contributed by atoms with E-state index in [0.29, 0.717) is 28.7 Å². The Hall–Kier alpha value is -3.14. The van der Waals surface area contributed by atoms with Gasteiger partial charge in [0, 0.05) is 19.2 Å². The Morgan fingerprint density at radius 1 is 1.54 bits per heavy atom. The maximum absolute atomic E-state index is 12.4. The third kappa shape index (κ3) is 3.91. The summed E-state index contributed by atoms with van der Waals surface area (Å²) in [5, 5.41) is 22.2. The molecule has 1 saturated carbocycles. The van der Waals surface area contributed by atoms with Gasteiger partial charge >= 0.3 is 0 Å². The van der Waals surface area contributed by atoms with Crippen molar-refractivity contribution in [2.45, 2.75) is 18.9 Å². The number of aromatic nitrogens is 3. The fourth-order valence-corrected chi connectivity index (χ4v) is 2.38. The second-order valence-electron chi connectivity index (χ2n) is 5.79. The Morgan fingerprint density at radius 2 is 2.35 bits per heavy atom. The minimum Gasteiger partial charge on any atom is -0.404 e. The number of nitrogens with one attached hydrogen (secondary N) is 3. The molecule has 0 aromatic carbocycles. The molecule has 0 unspecified atom stereocenters. The summed E-state index contributed by atoms with van der Waals surface area (Å²) in [4.78, 5) is 21.1. The first-order chi connectivity index (χ1) is 12.7. The Bertz CT molecular complexity index is 853. The fraction of sp³-hybridized carbons (Fsp3) is 0.375.